The fraction of sp³-hybridized carbons (Fsp3) is 0.857. The largest absolute Gasteiger partial charge is 0.449 e. The molecule has 70 valence electrons. The number of nitrogens with one attached hydrogen (secondary N) is 1. The number of nitrogens with zero attached hydrogens (tertiary/aromatic N) is 1. The molecule has 0 radical (unpaired) electrons. The quantitative estimate of drug-likeness (QED) is 0.607. The maximum Gasteiger partial charge on any atom is 0.424 e. The first kappa shape index (κ1) is 9.28. The van der Waals surface area contributed by atoms with Crippen molar-refractivity contribution in [3.8, 4) is 0 Å². The molecule has 1 amide bonds. The summed E-state index contributed by atoms with van der Waals surface area (Å²) in [5.41, 5.74) is 2.90. The summed E-state index contributed by atoms with van der Waals surface area (Å²) in [5.74, 6) is 0. The van der Waals surface area contributed by atoms with Crippen LogP contribution in [0.4, 0.5) is 4.79 Å². The van der Waals surface area contributed by atoms with Crippen molar-refractivity contribution in [1.29, 1.82) is 0 Å². The minimum absolute atomic E-state index is 0.331. The lowest BCUT2D eigenvalue weighted by Crippen LogP contribution is -2.43. The van der Waals surface area contributed by atoms with Crippen molar-refractivity contribution < 1.29 is 14.3 Å². The van der Waals surface area contributed by atoms with Gasteiger partial charge in [-0.2, -0.15) is 0 Å². The summed E-state index contributed by atoms with van der Waals surface area (Å²) >= 11 is 0. The highest BCUT2D eigenvalue weighted by Crippen LogP contribution is 1.93. The predicted octanol–water partition coefficient (Wildman–Crippen LogP) is -0.0203. The second-order valence-electron chi connectivity index (χ2n) is 2.37. The van der Waals surface area contributed by atoms with Gasteiger partial charge in [-0.3, -0.25) is 0 Å². The van der Waals surface area contributed by atoms with Crippen LogP contribution in [0.25, 0.3) is 0 Å². The number of hydrazine groups is 1. The Morgan fingerprint density at radius 3 is 3.25 bits per heavy atom. The van der Waals surface area contributed by atoms with Gasteiger partial charge in [0, 0.05) is 6.54 Å². The van der Waals surface area contributed by atoms with Crippen molar-refractivity contribution in [1.82, 2.24) is 10.4 Å². The van der Waals surface area contributed by atoms with Crippen LogP contribution in [0.2, 0.25) is 0 Å². The molecule has 0 saturated carbocycles. The van der Waals surface area contributed by atoms with Gasteiger partial charge >= 0.3 is 6.09 Å². The number of amides is 1. The molecule has 1 heterocycles. The summed E-state index contributed by atoms with van der Waals surface area (Å²) in [7, 11) is 0. The molecule has 0 aromatic heterocycles. The molecule has 0 aromatic carbocycles. The normalized spacial score (nSPS) is 18.6. The maximum absolute atomic E-state index is 11.1. The van der Waals surface area contributed by atoms with Gasteiger partial charge in [-0.15, -0.1) is 0 Å². The van der Waals surface area contributed by atoms with E-state index in [0.717, 1.165) is 0 Å². The second-order valence-corrected chi connectivity index (χ2v) is 2.37. The van der Waals surface area contributed by atoms with E-state index in [9.17, 15) is 4.79 Å². The minimum Gasteiger partial charge on any atom is -0.449 e. The Bertz CT molecular complexity index is 144. The topological polar surface area (TPSA) is 50.8 Å². The molecule has 1 rings (SSSR count). The standard InChI is InChI=1S/C7H14N2O3/c1-2-12-7(10)9-4-6-11-5-3-8-9/h8H,2-6H2,1H3. The van der Waals surface area contributed by atoms with E-state index >= 15 is 0 Å². The molecule has 0 bridgehead atoms. The number of hydrogen-bond donors (Lipinski definition) is 1. The third-order valence-corrected chi connectivity index (χ3v) is 1.50. The van der Waals surface area contributed by atoms with Crippen LogP contribution >= 0.6 is 0 Å². The first-order valence-corrected chi connectivity index (χ1v) is 4.10. The first-order valence-electron chi connectivity index (χ1n) is 4.10. The van der Waals surface area contributed by atoms with Crippen LogP contribution in [0.5, 0.6) is 0 Å². The van der Waals surface area contributed by atoms with Gasteiger partial charge < -0.3 is 9.47 Å². The molecule has 1 N–H and O–H groups in total. The smallest absolute Gasteiger partial charge is 0.424 e. The average molecular weight is 174 g/mol. The monoisotopic (exact) mass is 174 g/mol. The molecule has 0 aliphatic carbocycles. The summed E-state index contributed by atoms with van der Waals surface area (Å²) in [6, 6.07) is 0. The van der Waals surface area contributed by atoms with E-state index in [2.05, 4.69) is 5.43 Å². The molecular weight excluding hydrogens is 160 g/mol. The Morgan fingerprint density at radius 1 is 1.67 bits per heavy atom. The van der Waals surface area contributed by atoms with E-state index in [1.165, 1.54) is 5.01 Å². The summed E-state index contributed by atoms with van der Waals surface area (Å²) in [4.78, 5) is 11.1. The van der Waals surface area contributed by atoms with Crippen LogP contribution in [-0.2, 0) is 9.47 Å². The molecule has 0 unspecified atom stereocenters. The predicted molar refractivity (Wildman–Crippen MR) is 42.5 cm³/mol. The molecule has 1 aliphatic heterocycles. The molecule has 0 spiro atoms. The average Bonchev–Trinajstić information content (AvgIpc) is 2.32. The van der Waals surface area contributed by atoms with E-state index in [0.29, 0.717) is 32.9 Å². The summed E-state index contributed by atoms with van der Waals surface area (Å²) in [5, 5.41) is 1.44. The van der Waals surface area contributed by atoms with Crippen LogP contribution in [0.3, 0.4) is 0 Å². The van der Waals surface area contributed by atoms with Crippen molar-refractivity contribution in [2.45, 2.75) is 6.92 Å². The zero-order chi connectivity index (χ0) is 8.81. The SMILES string of the molecule is CCOC(=O)N1CCOCCN1. The molecule has 5 nitrogen and oxygen atoms in total. The minimum atomic E-state index is -0.331. The molecule has 1 aliphatic rings. The van der Waals surface area contributed by atoms with Gasteiger partial charge in [-0.25, -0.2) is 15.2 Å². The van der Waals surface area contributed by atoms with E-state index < -0.39 is 0 Å². The van der Waals surface area contributed by atoms with Gasteiger partial charge in [-0.1, -0.05) is 0 Å². The van der Waals surface area contributed by atoms with Crippen molar-refractivity contribution in [3.05, 3.63) is 0 Å². The summed E-state index contributed by atoms with van der Waals surface area (Å²) in [6.07, 6.45) is -0.331. The van der Waals surface area contributed by atoms with E-state index in [4.69, 9.17) is 9.47 Å². The van der Waals surface area contributed by atoms with Crippen LogP contribution in [0.15, 0.2) is 0 Å². The highest BCUT2D eigenvalue weighted by atomic mass is 16.6. The Balaban J connectivity index is 2.32. The summed E-state index contributed by atoms with van der Waals surface area (Å²) < 4.78 is 9.95. The van der Waals surface area contributed by atoms with E-state index in [1.807, 2.05) is 0 Å². The third-order valence-electron chi connectivity index (χ3n) is 1.50. The van der Waals surface area contributed by atoms with Crippen molar-refractivity contribution in [2.75, 3.05) is 32.9 Å². The lowest BCUT2D eigenvalue weighted by molar-refractivity contribution is 0.0859. The Labute approximate surface area is 71.6 Å². The Hall–Kier alpha value is -0.810. The Morgan fingerprint density at radius 2 is 2.50 bits per heavy atom. The molecule has 0 aromatic rings. The van der Waals surface area contributed by atoms with Gasteiger partial charge in [0.25, 0.3) is 0 Å². The van der Waals surface area contributed by atoms with Crippen molar-refractivity contribution >= 4 is 6.09 Å². The zero-order valence-electron chi connectivity index (χ0n) is 7.21. The van der Waals surface area contributed by atoms with Crippen molar-refractivity contribution in [3.63, 3.8) is 0 Å². The first-order chi connectivity index (χ1) is 5.84. The van der Waals surface area contributed by atoms with E-state index in [1.54, 1.807) is 6.92 Å². The van der Waals surface area contributed by atoms with Crippen LogP contribution in [0.1, 0.15) is 6.92 Å². The fourth-order valence-electron chi connectivity index (χ4n) is 0.947. The maximum atomic E-state index is 11.1. The molecule has 12 heavy (non-hydrogen) atoms. The van der Waals surface area contributed by atoms with Gasteiger partial charge in [-0.05, 0) is 6.92 Å². The number of carbonyl (C=O) groups is 1. The molecule has 1 fully saturated rings. The zero-order valence-corrected chi connectivity index (χ0v) is 7.21. The number of ether oxygens (including phenoxy) is 2. The van der Waals surface area contributed by atoms with Crippen LogP contribution in [0, 0.1) is 0 Å². The molecular formula is C7H14N2O3. The molecule has 5 heteroatoms. The fourth-order valence-corrected chi connectivity index (χ4v) is 0.947. The van der Waals surface area contributed by atoms with E-state index in [-0.39, 0.29) is 6.09 Å². The highest BCUT2D eigenvalue weighted by Gasteiger charge is 2.15. The number of carbonyl (C=O) groups excluding carboxylic acids is 1. The second kappa shape index (κ2) is 4.95. The lowest BCUT2D eigenvalue weighted by Gasteiger charge is -2.18. The number of rotatable bonds is 1. The van der Waals surface area contributed by atoms with Gasteiger partial charge in [0.1, 0.15) is 0 Å². The van der Waals surface area contributed by atoms with Crippen molar-refractivity contribution in [2.24, 2.45) is 0 Å². The van der Waals surface area contributed by atoms with Gasteiger partial charge in [0.2, 0.25) is 0 Å². The van der Waals surface area contributed by atoms with Crippen LogP contribution < -0.4 is 5.43 Å². The number of hydrogen-bond acceptors (Lipinski definition) is 4. The van der Waals surface area contributed by atoms with Crippen LogP contribution in [-0.4, -0.2) is 44.0 Å². The highest BCUT2D eigenvalue weighted by molar-refractivity contribution is 5.66. The third kappa shape index (κ3) is 2.67. The van der Waals surface area contributed by atoms with Gasteiger partial charge in [0.05, 0.1) is 26.4 Å². The lowest BCUT2D eigenvalue weighted by atomic mass is 10.7. The molecule has 1 saturated heterocycles. The molecule has 0 atom stereocenters. The summed E-state index contributed by atoms with van der Waals surface area (Å²) in [6.45, 7) is 4.57. The Kier molecular flexibility index (Phi) is 3.83. The van der Waals surface area contributed by atoms with Gasteiger partial charge in [0.15, 0.2) is 0 Å².